The summed E-state index contributed by atoms with van der Waals surface area (Å²) in [6.07, 6.45) is 3.86. The number of piperidine rings is 1. The third-order valence-corrected chi connectivity index (χ3v) is 10.2. The first-order chi connectivity index (χ1) is 21.6. The zero-order chi connectivity index (χ0) is 32.0. The van der Waals surface area contributed by atoms with Crippen molar-refractivity contribution < 1.29 is 28.2 Å². The van der Waals surface area contributed by atoms with E-state index in [1.54, 1.807) is 28.3 Å². The predicted molar refractivity (Wildman–Crippen MR) is 167 cm³/mol. The molecular weight excluding hydrogens is 669 g/mol. The summed E-state index contributed by atoms with van der Waals surface area (Å²) in [5.41, 5.74) is 2.34. The summed E-state index contributed by atoms with van der Waals surface area (Å²) in [5.74, 6) is -0.960. The van der Waals surface area contributed by atoms with E-state index in [4.69, 9.17) is 21.1 Å². The molecule has 1 unspecified atom stereocenters. The zero-order valence-electron chi connectivity index (χ0n) is 25.3. The summed E-state index contributed by atoms with van der Waals surface area (Å²) in [5, 5.41) is 9.03. The van der Waals surface area contributed by atoms with E-state index in [2.05, 4.69) is 26.2 Å². The van der Waals surface area contributed by atoms with Crippen LogP contribution >= 0.6 is 27.5 Å². The van der Waals surface area contributed by atoms with Crippen LogP contribution in [-0.4, -0.2) is 82.0 Å². The highest BCUT2D eigenvalue weighted by Crippen LogP contribution is 2.45. The van der Waals surface area contributed by atoms with Crippen molar-refractivity contribution in [1.29, 1.82) is 0 Å². The SMILES string of the molecule is CCOC(=O)C1CC2(CCN(C(=O)c3cc(Br)c(F)cc3OC)CC2)CN1C(=O)c1nnn(-c2ccc(C3CC3)cc2Cl)c1C. The maximum atomic E-state index is 14.1. The summed E-state index contributed by atoms with van der Waals surface area (Å²) < 4.78 is 26.5. The van der Waals surface area contributed by atoms with Crippen LogP contribution in [0.25, 0.3) is 5.69 Å². The Labute approximate surface area is 273 Å². The number of esters is 1. The van der Waals surface area contributed by atoms with E-state index < -0.39 is 29.2 Å². The van der Waals surface area contributed by atoms with E-state index in [9.17, 15) is 18.8 Å². The van der Waals surface area contributed by atoms with Gasteiger partial charge < -0.3 is 19.3 Å². The number of aromatic nitrogens is 3. The van der Waals surface area contributed by atoms with Crippen molar-refractivity contribution >= 4 is 45.3 Å². The van der Waals surface area contributed by atoms with Gasteiger partial charge >= 0.3 is 5.97 Å². The lowest BCUT2D eigenvalue weighted by Crippen LogP contribution is -2.45. The van der Waals surface area contributed by atoms with Crippen LogP contribution in [-0.2, 0) is 9.53 Å². The van der Waals surface area contributed by atoms with Gasteiger partial charge in [0.2, 0.25) is 0 Å². The molecule has 6 rings (SSSR count). The predicted octanol–water partition coefficient (Wildman–Crippen LogP) is 5.72. The second kappa shape index (κ2) is 12.4. The van der Waals surface area contributed by atoms with Crippen molar-refractivity contribution in [3.8, 4) is 11.4 Å². The fraction of sp³-hybridized carbons (Fsp3) is 0.469. The van der Waals surface area contributed by atoms with Crippen molar-refractivity contribution in [3.63, 3.8) is 0 Å². The number of nitrogens with zero attached hydrogens (tertiary/aromatic N) is 5. The number of halogens is 3. The average molecular weight is 703 g/mol. The molecule has 3 aromatic rings. The molecule has 3 fully saturated rings. The molecule has 13 heteroatoms. The Bertz CT molecular complexity index is 1670. The van der Waals surface area contributed by atoms with Crippen LogP contribution in [0, 0.1) is 18.2 Å². The standard InChI is InChI=1S/C32H34BrClFN5O5/c1-4-45-31(43)26-16-32(9-11-38(12-10-32)29(41)21-14-22(33)24(35)15-27(21)44-3)17-39(26)30(42)28-18(2)40(37-36-28)25-8-7-20(13-23(25)34)19-5-6-19/h7-8,13-15,19,26H,4-6,9-12,16-17H2,1-3H3. The Morgan fingerprint density at radius 3 is 2.51 bits per heavy atom. The van der Waals surface area contributed by atoms with Gasteiger partial charge in [0.05, 0.1) is 40.2 Å². The molecule has 0 radical (unpaired) electrons. The maximum absolute atomic E-state index is 14.1. The molecule has 10 nitrogen and oxygen atoms in total. The third kappa shape index (κ3) is 5.94. The molecule has 3 aliphatic rings. The monoisotopic (exact) mass is 701 g/mol. The number of benzene rings is 2. The first-order valence-corrected chi connectivity index (χ1v) is 16.2. The lowest BCUT2D eigenvalue weighted by atomic mass is 9.76. The molecule has 2 aromatic carbocycles. The van der Waals surface area contributed by atoms with E-state index in [0.29, 0.717) is 61.2 Å². The van der Waals surface area contributed by atoms with Crippen LogP contribution in [0.1, 0.15) is 77.0 Å². The van der Waals surface area contributed by atoms with Gasteiger partial charge in [-0.3, -0.25) is 9.59 Å². The number of likely N-dealkylation sites (tertiary alicyclic amines) is 2. The number of amides is 2. The molecule has 1 aromatic heterocycles. The Morgan fingerprint density at radius 1 is 1.13 bits per heavy atom. The van der Waals surface area contributed by atoms with Crippen molar-refractivity contribution in [2.75, 3.05) is 33.4 Å². The fourth-order valence-electron chi connectivity index (χ4n) is 6.56. The topological polar surface area (TPSA) is 107 Å². The zero-order valence-corrected chi connectivity index (χ0v) is 27.7. The number of rotatable bonds is 7. The fourth-order valence-corrected chi connectivity index (χ4v) is 7.17. The molecule has 3 heterocycles. The summed E-state index contributed by atoms with van der Waals surface area (Å²) in [6.45, 7) is 4.79. The largest absolute Gasteiger partial charge is 0.496 e. The second-order valence-corrected chi connectivity index (χ2v) is 13.3. The Morgan fingerprint density at radius 2 is 1.87 bits per heavy atom. The van der Waals surface area contributed by atoms with Gasteiger partial charge in [-0.25, -0.2) is 13.9 Å². The number of carbonyl (C=O) groups is 3. The molecule has 0 bridgehead atoms. The molecule has 1 spiro atoms. The van der Waals surface area contributed by atoms with Gasteiger partial charge in [0.25, 0.3) is 11.8 Å². The molecule has 2 saturated heterocycles. The number of carbonyl (C=O) groups excluding carboxylic acids is 3. The Balaban J connectivity index is 1.21. The van der Waals surface area contributed by atoms with Gasteiger partial charge in [-0.1, -0.05) is 22.9 Å². The molecule has 2 amide bonds. The Hall–Kier alpha value is -3.51. The highest BCUT2D eigenvalue weighted by Gasteiger charge is 2.51. The van der Waals surface area contributed by atoms with E-state index in [1.807, 2.05) is 18.2 Å². The van der Waals surface area contributed by atoms with Crippen molar-refractivity contribution in [2.24, 2.45) is 5.41 Å². The lowest BCUT2D eigenvalue weighted by Gasteiger charge is -2.39. The molecule has 1 saturated carbocycles. The van der Waals surface area contributed by atoms with Crippen molar-refractivity contribution in [3.05, 3.63) is 68.2 Å². The quantitative estimate of drug-likeness (QED) is 0.290. The molecule has 0 N–H and O–H groups in total. The van der Waals surface area contributed by atoms with Gasteiger partial charge in [0.1, 0.15) is 17.6 Å². The summed E-state index contributed by atoms with van der Waals surface area (Å²) >= 11 is 9.78. The first kappa shape index (κ1) is 31.5. The molecule has 45 heavy (non-hydrogen) atoms. The molecular formula is C32H34BrClFN5O5. The van der Waals surface area contributed by atoms with Crippen LogP contribution in [0.15, 0.2) is 34.8 Å². The van der Waals surface area contributed by atoms with E-state index in [0.717, 1.165) is 12.8 Å². The Kier molecular flexibility index (Phi) is 8.64. The van der Waals surface area contributed by atoms with E-state index in [-0.39, 0.29) is 34.0 Å². The maximum Gasteiger partial charge on any atom is 0.328 e. The van der Waals surface area contributed by atoms with Crippen molar-refractivity contribution in [1.82, 2.24) is 24.8 Å². The molecule has 1 atom stereocenters. The molecule has 1 aliphatic carbocycles. The molecule has 2 aliphatic heterocycles. The minimum Gasteiger partial charge on any atom is -0.496 e. The number of hydrogen-bond acceptors (Lipinski definition) is 7. The summed E-state index contributed by atoms with van der Waals surface area (Å²) in [6, 6.07) is 7.69. The second-order valence-electron chi connectivity index (χ2n) is 12.1. The van der Waals surface area contributed by atoms with E-state index >= 15 is 0 Å². The van der Waals surface area contributed by atoms with Crippen molar-refractivity contribution in [2.45, 2.75) is 57.9 Å². The smallest absolute Gasteiger partial charge is 0.328 e. The van der Waals surface area contributed by atoms with Crippen LogP contribution < -0.4 is 4.74 Å². The number of ether oxygens (including phenoxy) is 2. The average Bonchev–Trinajstić information content (AvgIpc) is 3.72. The van der Waals surface area contributed by atoms with Gasteiger partial charge in [-0.05, 0) is 97.0 Å². The number of methoxy groups -OCH3 is 1. The van der Waals surface area contributed by atoms with Crippen LogP contribution in [0.5, 0.6) is 5.75 Å². The molecule has 238 valence electrons. The number of hydrogen-bond donors (Lipinski definition) is 0. The summed E-state index contributed by atoms with van der Waals surface area (Å²) in [7, 11) is 1.39. The minimum absolute atomic E-state index is 0.144. The van der Waals surface area contributed by atoms with E-state index in [1.165, 1.54) is 24.8 Å². The van der Waals surface area contributed by atoms with Gasteiger partial charge in [-0.15, -0.1) is 5.10 Å². The first-order valence-electron chi connectivity index (χ1n) is 15.1. The highest BCUT2D eigenvalue weighted by molar-refractivity contribution is 9.10. The van der Waals surface area contributed by atoms with Gasteiger partial charge in [0, 0.05) is 25.7 Å². The summed E-state index contributed by atoms with van der Waals surface area (Å²) in [4.78, 5) is 43.9. The minimum atomic E-state index is -0.793. The van der Waals surface area contributed by atoms with Crippen LogP contribution in [0.2, 0.25) is 5.02 Å². The highest BCUT2D eigenvalue weighted by atomic mass is 79.9. The van der Waals surface area contributed by atoms with Crippen LogP contribution in [0.4, 0.5) is 4.39 Å². The lowest BCUT2D eigenvalue weighted by molar-refractivity contribution is -0.147. The normalized spacial score (nSPS) is 19.2. The van der Waals surface area contributed by atoms with Gasteiger partial charge in [-0.2, -0.15) is 0 Å². The van der Waals surface area contributed by atoms with Gasteiger partial charge in [0.15, 0.2) is 5.69 Å². The third-order valence-electron chi connectivity index (χ3n) is 9.26. The van der Waals surface area contributed by atoms with Crippen LogP contribution in [0.3, 0.4) is 0 Å².